The van der Waals surface area contributed by atoms with Crippen LogP contribution in [0, 0.1) is 0 Å². The van der Waals surface area contributed by atoms with Crippen molar-refractivity contribution in [2.45, 2.75) is 6.54 Å². The van der Waals surface area contributed by atoms with Crippen LogP contribution in [-0.4, -0.2) is 9.55 Å². The Morgan fingerprint density at radius 1 is 1.31 bits per heavy atom. The molecule has 2 N–H and O–H groups in total. The Morgan fingerprint density at radius 2 is 2.25 bits per heavy atom. The maximum Gasteiger partial charge on any atom is 0.112 e. The van der Waals surface area contributed by atoms with Crippen LogP contribution in [-0.2, 0) is 6.54 Å². The highest BCUT2D eigenvalue weighted by molar-refractivity contribution is 7.09. The van der Waals surface area contributed by atoms with Crippen LogP contribution >= 0.6 is 11.3 Å². The molecule has 16 heavy (non-hydrogen) atoms. The first-order valence-electron chi connectivity index (χ1n) is 5.06. The van der Waals surface area contributed by atoms with E-state index in [1.165, 1.54) is 0 Å². The van der Waals surface area contributed by atoms with Crippen molar-refractivity contribution in [2.24, 2.45) is 0 Å². The summed E-state index contributed by atoms with van der Waals surface area (Å²) in [5.41, 5.74) is 7.91. The van der Waals surface area contributed by atoms with E-state index in [4.69, 9.17) is 5.73 Å². The minimum absolute atomic E-state index is 0.810. The predicted molar refractivity (Wildman–Crippen MR) is 67.6 cm³/mol. The summed E-state index contributed by atoms with van der Waals surface area (Å²) in [6.07, 6.45) is 3.89. The highest BCUT2D eigenvalue weighted by atomic mass is 32.1. The van der Waals surface area contributed by atoms with E-state index in [1.807, 2.05) is 23.7 Å². The quantitative estimate of drug-likeness (QED) is 0.687. The van der Waals surface area contributed by atoms with E-state index in [-0.39, 0.29) is 0 Å². The highest BCUT2D eigenvalue weighted by Gasteiger charge is 2.04. The summed E-state index contributed by atoms with van der Waals surface area (Å²) in [4.78, 5) is 4.29. The lowest BCUT2D eigenvalue weighted by molar-refractivity contribution is 0.828. The van der Waals surface area contributed by atoms with E-state index in [0.29, 0.717) is 0 Å². The normalized spacial score (nSPS) is 11.0. The molecule has 4 heteroatoms. The van der Waals surface area contributed by atoms with Crippen LogP contribution in [0.2, 0.25) is 0 Å². The highest BCUT2D eigenvalue weighted by Crippen LogP contribution is 2.22. The van der Waals surface area contributed by atoms with Crippen LogP contribution in [0.15, 0.2) is 42.0 Å². The molecule has 0 fully saturated rings. The van der Waals surface area contributed by atoms with E-state index in [2.05, 4.69) is 27.9 Å². The molecule has 0 aliphatic rings. The fourth-order valence-electron chi connectivity index (χ4n) is 1.86. The summed E-state index contributed by atoms with van der Waals surface area (Å²) in [7, 11) is 0. The number of hydrogen-bond donors (Lipinski definition) is 1. The number of fused-ring (bicyclic) bond motifs is 1. The molecule has 0 aliphatic carbocycles. The van der Waals surface area contributed by atoms with Crippen molar-refractivity contribution in [3.05, 3.63) is 47.0 Å². The van der Waals surface area contributed by atoms with Gasteiger partial charge in [-0.25, -0.2) is 4.98 Å². The number of benzene rings is 1. The van der Waals surface area contributed by atoms with Crippen LogP contribution < -0.4 is 5.73 Å². The van der Waals surface area contributed by atoms with Gasteiger partial charge >= 0.3 is 0 Å². The van der Waals surface area contributed by atoms with Gasteiger partial charge in [-0.1, -0.05) is 6.07 Å². The predicted octanol–water partition coefficient (Wildman–Crippen LogP) is 2.73. The second-order valence-electron chi connectivity index (χ2n) is 3.65. The third kappa shape index (κ3) is 1.47. The Hall–Kier alpha value is -1.81. The molecule has 0 spiro atoms. The lowest BCUT2D eigenvalue weighted by Crippen LogP contribution is -1.97. The second-order valence-corrected chi connectivity index (χ2v) is 4.63. The van der Waals surface area contributed by atoms with Crippen molar-refractivity contribution < 1.29 is 0 Å². The molecule has 1 aromatic carbocycles. The first-order chi connectivity index (χ1) is 7.84. The van der Waals surface area contributed by atoms with Gasteiger partial charge in [-0.3, -0.25) is 0 Å². The fraction of sp³-hybridized carbons (Fsp3) is 0.0833. The number of nitrogens with zero attached hydrogens (tertiary/aromatic N) is 2. The van der Waals surface area contributed by atoms with Gasteiger partial charge in [0.05, 0.1) is 12.1 Å². The summed E-state index contributed by atoms with van der Waals surface area (Å²) in [6.45, 7) is 0.810. The minimum Gasteiger partial charge on any atom is -0.398 e. The Labute approximate surface area is 97.2 Å². The van der Waals surface area contributed by atoms with Gasteiger partial charge in [0.15, 0.2) is 0 Å². The molecule has 2 heterocycles. The zero-order chi connectivity index (χ0) is 11.0. The van der Waals surface area contributed by atoms with Gasteiger partial charge in [0, 0.05) is 28.8 Å². The molecule has 0 aliphatic heterocycles. The van der Waals surface area contributed by atoms with Crippen LogP contribution in [0.3, 0.4) is 0 Å². The van der Waals surface area contributed by atoms with Gasteiger partial charge in [0.1, 0.15) is 5.01 Å². The number of nitrogens with two attached hydrogens (primary N) is 1. The molecular weight excluding hydrogens is 218 g/mol. The van der Waals surface area contributed by atoms with Crippen molar-refractivity contribution in [1.29, 1.82) is 0 Å². The lowest BCUT2D eigenvalue weighted by Gasteiger charge is -2.03. The van der Waals surface area contributed by atoms with Gasteiger partial charge in [-0.05, 0) is 18.2 Å². The molecule has 3 aromatic rings. The van der Waals surface area contributed by atoms with Crippen molar-refractivity contribution in [1.82, 2.24) is 9.55 Å². The number of anilines is 1. The van der Waals surface area contributed by atoms with Crippen molar-refractivity contribution in [2.75, 3.05) is 5.73 Å². The minimum atomic E-state index is 0.810. The number of nitrogen functional groups attached to an aromatic ring is 1. The first-order valence-corrected chi connectivity index (χ1v) is 5.94. The maximum atomic E-state index is 5.92. The first kappa shape index (κ1) is 9.42. The van der Waals surface area contributed by atoms with Gasteiger partial charge in [0.25, 0.3) is 0 Å². The summed E-state index contributed by atoms with van der Waals surface area (Å²) < 4.78 is 2.17. The standard InChI is InChI=1S/C12H11N3S/c13-10-2-1-3-11-9(10)4-6-15(11)8-12-14-5-7-16-12/h1-7H,8,13H2. The zero-order valence-corrected chi connectivity index (χ0v) is 9.45. The Kier molecular flexibility index (Phi) is 2.15. The molecule has 0 saturated heterocycles. The van der Waals surface area contributed by atoms with Crippen LogP contribution in [0.5, 0.6) is 0 Å². The monoisotopic (exact) mass is 229 g/mol. The summed E-state index contributed by atoms with van der Waals surface area (Å²) in [5, 5.41) is 4.22. The average Bonchev–Trinajstić information content (AvgIpc) is 2.90. The SMILES string of the molecule is Nc1cccc2c1ccn2Cc1nccs1. The molecule has 3 nitrogen and oxygen atoms in total. The van der Waals surface area contributed by atoms with Gasteiger partial charge in [-0.15, -0.1) is 11.3 Å². The van der Waals surface area contributed by atoms with E-state index < -0.39 is 0 Å². The Balaban J connectivity index is 2.08. The molecule has 0 atom stereocenters. The third-order valence-corrected chi connectivity index (χ3v) is 3.40. The largest absolute Gasteiger partial charge is 0.398 e. The van der Waals surface area contributed by atoms with E-state index in [9.17, 15) is 0 Å². The lowest BCUT2D eigenvalue weighted by atomic mass is 10.2. The van der Waals surface area contributed by atoms with Gasteiger partial charge in [0.2, 0.25) is 0 Å². The number of hydrogen-bond acceptors (Lipinski definition) is 3. The van der Waals surface area contributed by atoms with Crippen LogP contribution in [0.25, 0.3) is 10.9 Å². The number of rotatable bonds is 2. The Morgan fingerprint density at radius 3 is 3.06 bits per heavy atom. The van der Waals surface area contributed by atoms with Crippen molar-refractivity contribution >= 4 is 27.9 Å². The molecule has 0 unspecified atom stereocenters. The number of aromatic nitrogens is 2. The van der Waals surface area contributed by atoms with Crippen LogP contribution in [0.1, 0.15) is 5.01 Å². The summed E-state index contributed by atoms with van der Waals surface area (Å²) >= 11 is 1.67. The smallest absolute Gasteiger partial charge is 0.112 e. The third-order valence-electron chi connectivity index (χ3n) is 2.64. The van der Waals surface area contributed by atoms with E-state index >= 15 is 0 Å². The maximum absolute atomic E-state index is 5.92. The number of thiazole rings is 1. The fourth-order valence-corrected chi connectivity index (χ4v) is 2.48. The van der Waals surface area contributed by atoms with E-state index in [1.54, 1.807) is 11.3 Å². The van der Waals surface area contributed by atoms with Gasteiger partial charge in [-0.2, -0.15) is 0 Å². The molecule has 0 radical (unpaired) electrons. The molecule has 80 valence electrons. The molecule has 0 saturated carbocycles. The van der Waals surface area contributed by atoms with E-state index in [0.717, 1.165) is 28.1 Å². The Bertz CT molecular complexity index is 610. The average molecular weight is 229 g/mol. The summed E-state index contributed by atoms with van der Waals surface area (Å²) in [6, 6.07) is 8.05. The molecule has 2 aromatic heterocycles. The van der Waals surface area contributed by atoms with Gasteiger partial charge < -0.3 is 10.3 Å². The molecule has 0 amide bonds. The summed E-state index contributed by atoms with van der Waals surface area (Å²) in [5.74, 6) is 0. The molecular formula is C12H11N3S. The van der Waals surface area contributed by atoms with Crippen molar-refractivity contribution in [3.8, 4) is 0 Å². The van der Waals surface area contributed by atoms with Crippen LogP contribution in [0.4, 0.5) is 5.69 Å². The van der Waals surface area contributed by atoms with Crippen molar-refractivity contribution in [3.63, 3.8) is 0 Å². The topological polar surface area (TPSA) is 43.8 Å². The molecule has 3 rings (SSSR count). The second kappa shape index (κ2) is 3.64. The zero-order valence-electron chi connectivity index (χ0n) is 8.63. The molecule has 0 bridgehead atoms.